The number of aryl methyl sites for hydroxylation is 4. The van der Waals surface area contributed by atoms with Crippen molar-refractivity contribution in [1.29, 1.82) is 0 Å². The minimum atomic E-state index is 1.01. The third-order valence-electron chi connectivity index (χ3n) is 8.04. The second-order valence-electron chi connectivity index (χ2n) is 11.0. The van der Waals surface area contributed by atoms with Gasteiger partial charge in [-0.05, 0) is 101 Å². The highest BCUT2D eigenvalue weighted by atomic mass is 32.2. The quantitative estimate of drug-likeness (QED) is 0.0808. The predicted octanol–water partition coefficient (Wildman–Crippen LogP) is 10.6. The van der Waals surface area contributed by atoms with Crippen molar-refractivity contribution in [3.8, 4) is 33.4 Å². The van der Waals surface area contributed by atoms with Gasteiger partial charge >= 0.3 is 0 Å². The lowest BCUT2D eigenvalue weighted by Crippen LogP contribution is -2.11. The molecule has 0 amide bonds. The van der Waals surface area contributed by atoms with Crippen molar-refractivity contribution in [2.24, 2.45) is 0 Å². The molecule has 4 aromatic carbocycles. The fraction of sp³-hybridized carbons (Fsp3) is 0.368. The van der Waals surface area contributed by atoms with Gasteiger partial charge in [0.2, 0.25) is 0 Å². The van der Waals surface area contributed by atoms with Crippen molar-refractivity contribution >= 4 is 12.2 Å². The van der Waals surface area contributed by atoms with E-state index in [1.165, 1.54) is 93.5 Å². The Bertz CT molecular complexity index is 1360. The molecular formula is C38H47NOS. The van der Waals surface area contributed by atoms with Crippen molar-refractivity contribution in [3.05, 3.63) is 107 Å². The first kappa shape index (κ1) is 31.1. The summed E-state index contributed by atoms with van der Waals surface area (Å²) in [6.07, 6.45) is 9.26. The third-order valence-corrected chi connectivity index (χ3v) is 8.63. The van der Waals surface area contributed by atoms with Crippen molar-refractivity contribution < 1.29 is 4.18 Å². The van der Waals surface area contributed by atoms with Crippen molar-refractivity contribution in [1.82, 2.24) is 4.31 Å². The first-order valence-electron chi connectivity index (χ1n) is 15.4. The van der Waals surface area contributed by atoms with Crippen LogP contribution in [-0.2, 0) is 29.9 Å². The van der Waals surface area contributed by atoms with Crippen LogP contribution in [0.1, 0.15) is 68.7 Å². The van der Waals surface area contributed by atoms with Crippen LogP contribution in [0.15, 0.2) is 84.9 Å². The fourth-order valence-corrected chi connectivity index (χ4v) is 6.11. The molecule has 216 valence electrons. The van der Waals surface area contributed by atoms with Gasteiger partial charge in [0, 0.05) is 6.54 Å². The first-order valence-corrected chi connectivity index (χ1v) is 16.1. The Morgan fingerprint density at radius 3 is 1.68 bits per heavy atom. The zero-order chi connectivity index (χ0) is 29.0. The number of benzene rings is 4. The molecule has 0 aliphatic carbocycles. The molecule has 0 spiro atoms. The maximum atomic E-state index is 5.12. The molecule has 4 aromatic rings. The van der Waals surface area contributed by atoms with Gasteiger partial charge in [-0.25, -0.2) is 4.31 Å². The predicted molar refractivity (Wildman–Crippen MR) is 180 cm³/mol. The molecule has 0 aliphatic heterocycles. The summed E-state index contributed by atoms with van der Waals surface area (Å²) in [5.41, 5.74) is 13.6. The maximum Gasteiger partial charge on any atom is 0.0813 e. The lowest BCUT2D eigenvalue weighted by Gasteiger charge is -2.15. The van der Waals surface area contributed by atoms with Crippen LogP contribution in [0, 0.1) is 0 Å². The Morgan fingerprint density at radius 2 is 1.10 bits per heavy atom. The van der Waals surface area contributed by atoms with E-state index in [-0.39, 0.29) is 0 Å². The number of hydrogen-bond donors (Lipinski definition) is 0. The molecule has 0 saturated heterocycles. The zero-order valence-electron chi connectivity index (χ0n) is 25.7. The van der Waals surface area contributed by atoms with E-state index in [0.29, 0.717) is 0 Å². The zero-order valence-corrected chi connectivity index (χ0v) is 26.5. The van der Waals surface area contributed by atoms with Gasteiger partial charge in [0.05, 0.1) is 19.3 Å². The van der Waals surface area contributed by atoms with Gasteiger partial charge < -0.3 is 4.18 Å². The van der Waals surface area contributed by atoms with E-state index < -0.39 is 0 Å². The van der Waals surface area contributed by atoms with Gasteiger partial charge in [-0.15, -0.1) is 0 Å². The largest absolute Gasteiger partial charge is 0.304 e. The summed E-state index contributed by atoms with van der Waals surface area (Å²) in [5, 5.41) is 0. The molecule has 0 aromatic heterocycles. The van der Waals surface area contributed by atoms with Crippen LogP contribution in [0.4, 0.5) is 0 Å². The van der Waals surface area contributed by atoms with Crippen LogP contribution in [0.3, 0.4) is 0 Å². The molecule has 0 aliphatic rings. The molecule has 0 atom stereocenters. The van der Waals surface area contributed by atoms with Crippen LogP contribution in [0.5, 0.6) is 0 Å². The fourth-order valence-electron chi connectivity index (χ4n) is 5.65. The topological polar surface area (TPSA) is 12.5 Å². The van der Waals surface area contributed by atoms with E-state index in [0.717, 1.165) is 32.2 Å². The van der Waals surface area contributed by atoms with E-state index in [1.807, 2.05) is 0 Å². The molecule has 4 rings (SSSR count). The summed E-state index contributed by atoms with van der Waals surface area (Å²) in [5.74, 6) is 0. The van der Waals surface area contributed by atoms with Gasteiger partial charge in [0.25, 0.3) is 0 Å². The lowest BCUT2D eigenvalue weighted by molar-refractivity contribution is 0.431. The molecule has 41 heavy (non-hydrogen) atoms. The summed E-state index contributed by atoms with van der Waals surface area (Å²) >= 11 is 1.41. The SMILES string of the molecule is CCCCCc1ccc(-c2ccc(-c3ccc(-c4ccc(CCCN(C)SOC)cc4)c(CC)c3)c(CC)c2)cc1. The third kappa shape index (κ3) is 8.58. The number of unbranched alkanes of at least 4 members (excludes halogenated alkanes) is 2. The van der Waals surface area contributed by atoms with E-state index in [4.69, 9.17) is 4.18 Å². The van der Waals surface area contributed by atoms with Gasteiger partial charge in [0.15, 0.2) is 0 Å². The average molecular weight is 566 g/mol. The van der Waals surface area contributed by atoms with E-state index in [9.17, 15) is 0 Å². The molecule has 0 heterocycles. The number of rotatable bonds is 15. The number of nitrogens with zero attached hydrogens (tertiary/aromatic N) is 1. The monoisotopic (exact) mass is 565 g/mol. The average Bonchev–Trinajstić information content (AvgIpc) is 3.01. The molecule has 0 saturated carbocycles. The molecule has 3 heteroatoms. The first-order chi connectivity index (χ1) is 20.1. The summed E-state index contributed by atoms with van der Waals surface area (Å²) in [6.45, 7) is 7.81. The van der Waals surface area contributed by atoms with Crippen LogP contribution in [0.2, 0.25) is 0 Å². The highest BCUT2D eigenvalue weighted by Gasteiger charge is 2.11. The van der Waals surface area contributed by atoms with Gasteiger partial charge in [-0.1, -0.05) is 119 Å². The number of hydrogen-bond acceptors (Lipinski definition) is 3. The Balaban J connectivity index is 1.49. The lowest BCUT2D eigenvalue weighted by atomic mass is 9.89. The summed E-state index contributed by atoms with van der Waals surface area (Å²) in [6, 6.07) is 32.4. The molecule has 0 fully saturated rings. The van der Waals surface area contributed by atoms with E-state index in [2.05, 4.69) is 117 Å². The Kier molecular flexibility index (Phi) is 12.1. The molecule has 0 unspecified atom stereocenters. The minimum Gasteiger partial charge on any atom is -0.304 e. The Hall–Kier alpha value is -2.85. The van der Waals surface area contributed by atoms with Gasteiger partial charge in [-0.3, -0.25) is 0 Å². The Morgan fingerprint density at radius 1 is 0.585 bits per heavy atom. The van der Waals surface area contributed by atoms with Gasteiger partial charge in [0.1, 0.15) is 0 Å². The maximum absolute atomic E-state index is 5.12. The normalized spacial score (nSPS) is 11.4. The van der Waals surface area contributed by atoms with Crippen molar-refractivity contribution in [3.63, 3.8) is 0 Å². The second-order valence-corrected chi connectivity index (χ2v) is 12.1. The van der Waals surface area contributed by atoms with Crippen LogP contribution in [-0.4, -0.2) is 25.0 Å². The Labute approximate surface area is 253 Å². The summed E-state index contributed by atoms with van der Waals surface area (Å²) < 4.78 is 7.26. The molecular weight excluding hydrogens is 518 g/mol. The second kappa shape index (κ2) is 16.0. The smallest absolute Gasteiger partial charge is 0.0813 e. The van der Waals surface area contributed by atoms with Crippen LogP contribution >= 0.6 is 12.2 Å². The highest BCUT2D eigenvalue weighted by Crippen LogP contribution is 2.34. The van der Waals surface area contributed by atoms with Crippen LogP contribution in [0.25, 0.3) is 33.4 Å². The minimum absolute atomic E-state index is 1.01. The summed E-state index contributed by atoms with van der Waals surface area (Å²) in [4.78, 5) is 0. The highest BCUT2D eigenvalue weighted by molar-refractivity contribution is 7.92. The molecule has 0 radical (unpaired) electrons. The molecule has 0 bridgehead atoms. The molecule has 2 nitrogen and oxygen atoms in total. The van der Waals surface area contributed by atoms with E-state index >= 15 is 0 Å². The van der Waals surface area contributed by atoms with E-state index in [1.54, 1.807) is 7.11 Å². The van der Waals surface area contributed by atoms with Gasteiger partial charge in [-0.2, -0.15) is 0 Å². The standard InChI is InChI=1S/C38H47NOS/c1-6-9-10-12-29-14-18-33(19-15-29)35-22-24-38(31(7-2)27-35)36-23-25-37(32(8-3)28-36)34-20-16-30(17-21-34)13-11-26-39(4)41-40-5/h14-25,27-28H,6-13,26H2,1-5H3. The van der Waals surface area contributed by atoms with Crippen molar-refractivity contribution in [2.45, 2.75) is 72.1 Å². The van der Waals surface area contributed by atoms with Crippen LogP contribution < -0.4 is 0 Å². The summed E-state index contributed by atoms with van der Waals surface area (Å²) in [7, 11) is 3.78. The molecule has 0 N–H and O–H groups in total. The van der Waals surface area contributed by atoms with Crippen molar-refractivity contribution in [2.75, 3.05) is 20.7 Å².